The quantitative estimate of drug-likeness (QED) is 0.0997. The Morgan fingerprint density at radius 1 is 0.381 bits per heavy atom. The fraction of sp³-hybridized carbons (Fsp3) is 0.400. The van der Waals surface area contributed by atoms with Crippen LogP contribution in [0.4, 0.5) is 11.4 Å². The first-order valence-corrected chi connectivity index (χ1v) is 16.3. The Balaban J connectivity index is 1.00. The molecular formula is C40H52N2. The second kappa shape index (κ2) is 16.8. The Bertz CT molecular complexity index is 1240. The molecule has 0 aliphatic rings. The topological polar surface area (TPSA) is 52.0 Å². The number of benzene rings is 4. The number of nitrogen functional groups attached to an aromatic ring is 2. The lowest BCUT2D eigenvalue weighted by Gasteiger charge is -2.10. The molecule has 0 spiro atoms. The maximum Gasteiger partial charge on any atom is 0.0314 e. The van der Waals surface area contributed by atoms with E-state index in [9.17, 15) is 0 Å². The van der Waals surface area contributed by atoms with Crippen molar-refractivity contribution in [1.82, 2.24) is 0 Å². The van der Waals surface area contributed by atoms with Crippen LogP contribution in [0.15, 0.2) is 84.9 Å². The summed E-state index contributed by atoms with van der Waals surface area (Å²) in [5.74, 6) is 0. The minimum Gasteiger partial charge on any atom is -0.399 e. The average molecular weight is 561 g/mol. The van der Waals surface area contributed by atoms with E-state index in [0.29, 0.717) is 0 Å². The van der Waals surface area contributed by atoms with Gasteiger partial charge in [-0.1, -0.05) is 112 Å². The average Bonchev–Trinajstić information content (AvgIpc) is 2.98. The molecule has 0 atom stereocenters. The summed E-state index contributed by atoms with van der Waals surface area (Å²) in [5, 5.41) is 0. The monoisotopic (exact) mass is 560 g/mol. The Morgan fingerprint density at radius 3 is 1.02 bits per heavy atom. The van der Waals surface area contributed by atoms with E-state index >= 15 is 0 Å². The number of nitrogens with two attached hydrogens (primary N) is 2. The Hall–Kier alpha value is -3.52. The minimum atomic E-state index is 0.830. The molecule has 0 heterocycles. The molecule has 222 valence electrons. The molecule has 0 aliphatic heterocycles. The molecule has 4 rings (SSSR count). The predicted octanol–water partition coefficient (Wildman–Crippen LogP) is 10.3. The van der Waals surface area contributed by atoms with Gasteiger partial charge in [0.2, 0.25) is 0 Å². The molecule has 0 unspecified atom stereocenters. The molecule has 0 aromatic heterocycles. The maximum absolute atomic E-state index is 5.82. The normalized spacial score (nSPS) is 11.2. The summed E-state index contributed by atoms with van der Waals surface area (Å²) in [6.07, 6.45) is 18.0. The van der Waals surface area contributed by atoms with Gasteiger partial charge in [-0.05, 0) is 121 Å². The van der Waals surface area contributed by atoms with Gasteiger partial charge in [0.25, 0.3) is 0 Å². The molecular weight excluding hydrogens is 508 g/mol. The fourth-order valence-electron chi connectivity index (χ4n) is 6.08. The summed E-state index contributed by atoms with van der Waals surface area (Å²) in [6, 6.07) is 30.5. The van der Waals surface area contributed by atoms with Crippen molar-refractivity contribution in [2.75, 3.05) is 11.5 Å². The van der Waals surface area contributed by atoms with Gasteiger partial charge in [-0.25, -0.2) is 0 Å². The van der Waals surface area contributed by atoms with Crippen molar-refractivity contribution in [3.05, 3.63) is 129 Å². The van der Waals surface area contributed by atoms with E-state index in [1.807, 2.05) is 24.3 Å². The first kappa shape index (κ1) is 31.4. The first-order chi connectivity index (χ1) is 20.5. The van der Waals surface area contributed by atoms with Gasteiger partial charge in [-0.3, -0.25) is 0 Å². The number of rotatable bonds is 17. The van der Waals surface area contributed by atoms with Gasteiger partial charge in [-0.15, -0.1) is 0 Å². The SMILES string of the molecule is Cc1cc(Cc2ccc(N)cc2)ccc1CCCCCCCCCCCCc1ccc(Cc2ccc(N)cc2)cc1C. The van der Waals surface area contributed by atoms with Crippen LogP contribution in [-0.2, 0) is 25.7 Å². The van der Waals surface area contributed by atoms with Gasteiger partial charge in [0.1, 0.15) is 0 Å². The van der Waals surface area contributed by atoms with Crippen LogP contribution in [-0.4, -0.2) is 0 Å². The van der Waals surface area contributed by atoms with Gasteiger partial charge < -0.3 is 11.5 Å². The van der Waals surface area contributed by atoms with Crippen molar-refractivity contribution in [1.29, 1.82) is 0 Å². The molecule has 0 fully saturated rings. The van der Waals surface area contributed by atoms with E-state index in [-0.39, 0.29) is 0 Å². The van der Waals surface area contributed by atoms with Crippen LogP contribution in [0.25, 0.3) is 0 Å². The van der Waals surface area contributed by atoms with Gasteiger partial charge in [0.15, 0.2) is 0 Å². The summed E-state index contributed by atoms with van der Waals surface area (Å²) in [6.45, 7) is 4.53. The second-order valence-corrected chi connectivity index (χ2v) is 12.4. The molecule has 4 N–H and O–H groups in total. The van der Waals surface area contributed by atoms with Crippen molar-refractivity contribution in [3.63, 3.8) is 0 Å². The highest BCUT2D eigenvalue weighted by Gasteiger charge is 2.04. The molecule has 0 saturated heterocycles. The zero-order valence-electron chi connectivity index (χ0n) is 26.1. The smallest absolute Gasteiger partial charge is 0.0314 e. The molecule has 0 saturated carbocycles. The molecule has 4 aromatic rings. The molecule has 42 heavy (non-hydrogen) atoms. The first-order valence-electron chi connectivity index (χ1n) is 16.3. The molecule has 0 aliphatic carbocycles. The maximum atomic E-state index is 5.82. The summed E-state index contributed by atoms with van der Waals surface area (Å²) in [7, 11) is 0. The zero-order valence-corrected chi connectivity index (χ0v) is 26.1. The fourth-order valence-corrected chi connectivity index (χ4v) is 6.08. The lowest BCUT2D eigenvalue weighted by Crippen LogP contribution is -1.95. The molecule has 2 heteroatoms. The summed E-state index contributed by atoms with van der Waals surface area (Å²) < 4.78 is 0. The molecule has 0 amide bonds. The highest BCUT2D eigenvalue weighted by molar-refractivity contribution is 5.42. The largest absolute Gasteiger partial charge is 0.399 e. The van der Waals surface area contributed by atoms with Crippen molar-refractivity contribution in [2.45, 2.75) is 104 Å². The summed E-state index contributed by atoms with van der Waals surface area (Å²) >= 11 is 0. The van der Waals surface area contributed by atoms with E-state index in [4.69, 9.17) is 11.5 Å². The van der Waals surface area contributed by atoms with Crippen LogP contribution in [0, 0.1) is 13.8 Å². The van der Waals surface area contributed by atoms with Gasteiger partial charge in [0.05, 0.1) is 0 Å². The van der Waals surface area contributed by atoms with Crippen molar-refractivity contribution < 1.29 is 0 Å². The number of anilines is 2. The number of aryl methyl sites for hydroxylation is 4. The van der Waals surface area contributed by atoms with Crippen molar-refractivity contribution in [3.8, 4) is 0 Å². The third-order valence-corrected chi connectivity index (χ3v) is 8.73. The Kier molecular flexibility index (Phi) is 12.6. The number of unbranched alkanes of at least 4 members (excludes halogenated alkanes) is 9. The number of hydrogen-bond acceptors (Lipinski definition) is 2. The third kappa shape index (κ3) is 10.7. The minimum absolute atomic E-state index is 0.830. The number of hydrogen-bond donors (Lipinski definition) is 2. The van der Waals surface area contributed by atoms with E-state index in [2.05, 4.69) is 74.5 Å². The van der Waals surface area contributed by atoms with Gasteiger partial charge >= 0.3 is 0 Å². The second-order valence-electron chi connectivity index (χ2n) is 12.4. The van der Waals surface area contributed by atoms with Crippen LogP contribution in [0.1, 0.15) is 109 Å². The lowest BCUT2D eigenvalue weighted by atomic mass is 9.96. The zero-order chi connectivity index (χ0) is 29.6. The highest BCUT2D eigenvalue weighted by Crippen LogP contribution is 2.20. The van der Waals surface area contributed by atoms with Crippen molar-refractivity contribution >= 4 is 11.4 Å². The van der Waals surface area contributed by atoms with Crippen LogP contribution in [0.5, 0.6) is 0 Å². The van der Waals surface area contributed by atoms with E-state index in [1.165, 1.54) is 122 Å². The van der Waals surface area contributed by atoms with Gasteiger partial charge in [-0.2, -0.15) is 0 Å². The van der Waals surface area contributed by atoms with Crippen molar-refractivity contribution in [2.24, 2.45) is 0 Å². The van der Waals surface area contributed by atoms with E-state index in [0.717, 1.165) is 24.2 Å². The molecule has 0 radical (unpaired) electrons. The summed E-state index contributed by atoms with van der Waals surface area (Å²) in [4.78, 5) is 0. The van der Waals surface area contributed by atoms with Gasteiger partial charge in [0, 0.05) is 11.4 Å². The Labute approximate surface area is 255 Å². The Morgan fingerprint density at radius 2 is 0.690 bits per heavy atom. The predicted molar refractivity (Wildman–Crippen MR) is 183 cm³/mol. The highest BCUT2D eigenvalue weighted by atomic mass is 14.5. The van der Waals surface area contributed by atoms with Crippen LogP contribution < -0.4 is 11.5 Å². The van der Waals surface area contributed by atoms with Crippen LogP contribution in [0.2, 0.25) is 0 Å². The summed E-state index contributed by atoms with van der Waals surface area (Å²) in [5.41, 5.74) is 24.6. The third-order valence-electron chi connectivity index (χ3n) is 8.73. The van der Waals surface area contributed by atoms with Crippen LogP contribution >= 0.6 is 0 Å². The molecule has 2 nitrogen and oxygen atoms in total. The van der Waals surface area contributed by atoms with Crippen LogP contribution in [0.3, 0.4) is 0 Å². The van der Waals surface area contributed by atoms with E-state index in [1.54, 1.807) is 0 Å². The lowest BCUT2D eigenvalue weighted by molar-refractivity contribution is 0.551. The standard InChI is InChI=1S/C40H52N2/c1-31-27-35(29-33-17-23-39(41)24-18-33)15-21-37(31)13-11-9-7-5-3-4-6-8-10-12-14-38-22-16-36(28-32(38)2)30-34-19-25-40(42)26-20-34/h15-28H,3-14,29-30,41-42H2,1-2H3. The molecule has 0 bridgehead atoms. The van der Waals surface area contributed by atoms with E-state index < -0.39 is 0 Å². The molecule has 4 aromatic carbocycles.